The highest BCUT2D eigenvalue weighted by molar-refractivity contribution is 9.10. The van der Waals surface area contributed by atoms with E-state index in [2.05, 4.69) is 32.3 Å². The second-order valence-electron chi connectivity index (χ2n) is 4.90. The summed E-state index contributed by atoms with van der Waals surface area (Å²) in [6.07, 6.45) is 4.05. The van der Waals surface area contributed by atoms with Crippen molar-refractivity contribution in [3.05, 3.63) is 46.8 Å². The molecule has 2 heterocycles. The third-order valence-electron chi connectivity index (χ3n) is 3.49. The first-order valence-electron chi connectivity index (χ1n) is 6.60. The van der Waals surface area contributed by atoms with Crippen molar-refractivity contribution < 1.29 is 0 Å². The highest BCUT2D eigenvalue weighted by Gasteiger charge is 2.16. The maximum absolute atomic E-state index is 4.70. The Bertz CT molecular complexity index is 565. The van der Waals surface area contributed by atoms with E-state index in [1.807, 2.05) is 30.5 Å². The molecule has 1 atom stereocenters. The molecule has 0 bridgehead atoms. The fourth-order valence-corrected chi connectivity index (χ4v) is 2.95. The van der Waals surface area contributed by atoms with E-state index >= 15 is 0 Å². The van der Waals surface area contributed by atoms with Crippen LogP contribution in [-0.2, 0) is 6.42 Å². The van der Waals surface area contributed by atoms with E-state index in [-0.39, 0.29) is 0 Å². The zero-order valence-electron chi connectivity index (χ0n) is 10.6. The minimum absolute atomic E-state index is 0.675. The van der Waals surface area contributed by atoms with Crippen LogP contribution in [0.5, 0.6) is 0 Å². The van der Waals surface area contributed by atoms with Crippen LogP contribution in [0.3, 0.4) is 0 Å². The molecule has 0 amide bonds. The van der Waals surface area contributed by atoms with E-state index in [9.17, 15) is 0 Å². The first-order valence-corrected chi connectivity index (χ1v) is 7.40. The van der Waals surface area contributed by atoms with Gasteiger partial charge in [0, 0.05) is 22.7 Å². The summed E-state index contributed by atoms with van der Waals surface area (Å²) >= 11 is 3.58. The lowest BCUT2D eigenvalue weighted by Gasteiger charge is -2.09. The average Bonchev–Trinajstić information content (AvgIpc) is 2.92. The van der Waals surface area contributed by atoms with E-state index < -0.39 is 0 Å². The third-order valence-corrected chi connectivity index (χ3v) is 4.18. The smallest absolute Gasteiger partial charge is 0.129 e. The predicted molar refractivity (Wildman–Crippen MR) is 79.8 cm³/mol. The molecule has 1 unspecified atom stereocenters. The van der Waals surface area contributed by atoms with Crippen molar-refractivity contribution in [3.8, 4) is 11.3 Å². The molecule has 1 aromatic carbocycles. The second-order valence-corrected chi connectivity index (χ2v) is 5.76. The largest absolute Gasteiger partial charge is 0.316 e. The summed E-state index contributed by atoms with van der Waals surface area (Å²) in [5.41, 5.74) is 2.11. The van der Waals surface area contributed by atoms with Gasteiger partial charge in [-0.15, -0.1) is 0 Å². The van der Waals surface area contributed by atoms with Crippen LogP contribution in [0.2, 0.25) is 0 Å². The van der Waals surface area contributed by atoms with Gasteiger partial charge in [0.05, 0.1) is 5.69 Å². The van der Waals surface area contributed by atoms with Crippen molar-refractivity contribution in [2.24, 2.45) is 5.92 Å². The van der Waals surface area contributed by atoms with Gasteiger partial charge >= 0.3 is 0 Å². The Morgan fingerprint density at radius 3 is 2.95 bits per heavy atom. The van der Waals surface area contributed by atoms with Crippen molar-refractivity contribution in [2.75, 3.05) is 13.1 Å². The Kier molecular flexibility index (Phi) is 3.89. The molecule has 4 heteroatoms. The number of nitrogens with one attached hydrogen (secondary N) is 1. The fraction of sp³-hybridized carbons (Fsp3) is 0.333. The molecule has 1 saturated heterocycles. The summed E-state index contributed by atoms with van der Waals surface area (Å²) in [7, 11) is 0. The van der Waals surface area contributed by atoms with Gasteiger partial charge in [-0.2, -0.15) is 0 Å². The second kappa shape index (κ2) is 5.80. The minimum atomic E-state index is 0.675. The van der Waals surface area contributed by atoms with Crippen LogP contribution < -0.4 is 5.32 Å². The van der Waals surface area contributed by atoms with Gasteiger partial charge in [0.15, 0.2) is 0 Å². The van der Waals surface area contributed by atoms with Crippen molar-refractivity contribution in [3.63, 3.8) is 0 Å². The van der Waals surface area contributed by atoms with Gasteiger partial charge in [0.1, 0.15) is 5.82 Å². The molecule has 3 rings (SSSR count). The van der Waals surface area contributed by atoms with Crippen LogP contribution in [-0.4, -0.2) is 23.1 Å². The quantitative estimate of drug-likeness (QED) is 0.945. The van der Waals surface area contributed by atoms with Gasteiger partial charge in [-0.25, -0.2) is 9.97 Å². The third kappa shape index (κ3) is 3.01. The molecule has 0 saturated carbocycles. The topological polar surface area (TPSA) is 37.8 Å². The van der Waals surface area contributed by atoms with E-state index in [1.165, 1.54) is 6.42 Å². The summed E-state index contributed by atoms with van der Waals surface area (Å²) in [6.45, 7) is 2.21. The monoisotopic (exact) mass is 317 g/mol. The lowest BCUT2D eigenvalue weighted by Crippen LogP contribution is -2.12. The summed E-state index contributed by atoms with van der Waals surface area (Å²) in [6, 6.07) is 10.1. The van der Waals surface area contributed by atoms with Gasteiger partial charge in [0.25, 0.3) is 0 Å². The fourth-order valence-electron chi connectivity index (χ4n) is 2.46. The summed E-state index contributed by atoms with van der Waals surface area (Å²) in [5, 5.41) is 3.38. The highest BCUT2D eigenvalue weighted by atomic mass is 79.9. The first-order chi connectivity index (χ1) is 9.33. The summed E-state index contributed by atoms with van der Waals surface area (Å²) < 4.78 is 1.07. The maximum Gasteiger partial charge on any atom is 0.129 e. The molecule has 1 aromatic heterocycles. The lowest BCUT2D eigenvalue weighted by atomic mass is 10.0. The molecular formula is C15H16BrN3. The Hall–Kier alpha value is -1.26. The molecule has 1 aliphatic rings. The molecule has 2 aromatic rings. The van der Waals surface area contributed by atoms with Crippen LogP contribution in [0.4, 0.5) is 0 Å². The van der Waals surface area contributed by atoms with Crippen LogP contribution >= 0.6 is 15.9 Å². The maximum atomic E-state index is 4.70. The van der Waals surface area contributed by atoms with Crippen molar-refractivity contribution in [2.45, 2.75) is 12.8 Å². The van der Waals surface area contributed by atoms with E-state index in [0.717, 1.165) is 41.1 Å². The van der Waals surface area contributed by atoms with Crippen LogP contribution in [0.25, 0.3) is 11.3 Å². The Morgan fingerprint density at radius 1 is 1.26 bits per heavy atom. The molecule has 1 aliphatic heterocycles. The SMILES string of the molecule is Brc1ccccc1-c1ccnc(CC2CCNC2)n1. The molecule has 1 fully saturated rings. The first kappa shape index (κ1) is 12.8. The minimum Gasteiger partial charge on any atom is -0.316 e. The zero-order chi connectivity index (χ0) is 13.1. The number of benzene rings is 1. The number of aromatic nitrogens is 2. The van der Waals surface area contributed by atoms with Gasteiger partial charge in [-0.1, -0.05) is 34.1 Å². The number of nitrogens with zero attached hydrogens (tertiary/aromatic N) is 2. The molecule has 98 valence electrons. The average molecular weight is 318 g/mol. The number of rotatable bonds is 3. The van der Waals surface area contributed by atoms with Gasteiger partial charge in [0.2, 0.25) is 0 Å². The van der Waals surface area contributed by atoms with Crippen LogP contribution in [0.1, 0.15) is 12.2 Å². The molecule has 3 nitrogen and oxygen atoms in total. The van der Waals surface area contributed by atoms with Crippen molar-refractivity contribution in [1.82, 2.24) is 15.3 Å². The van der Waals surface area contributed by atoms with Crippen LogP contribution in [0.15, 0.2) is 41.0 Å². The molecule has 0 radical (unpaired) electrons. The Morgan fingerprint density at radius 2 is 2.16 bits per heavy atom. The number of hydrogen-bond acceptors (Lipinski definition) is 3. The Balaban J connectivity index is 1.85. The van der Waals surface area contributed by atoms with Crippen LogP contribution in [0, 0.1) is 5.92 Å². The molecule has 0 spiro atoms. The standard InChI is InChI=1S/C15H16BrN3/c16-13-4-2-1-3-12(13)14-6-8-18-15(19-14)9-11-5-7-17-10-11/h1-4,6,8,11,17H,5,7,9-10H2. The predicted octanol–water partition coefficient (Wildman–Crippen LogP) is 3.06. The van der Waals surface area contributed by atoms with Crippen molar-refractivity contribution >= 4 is 15.9 Å². The lowest BCUT2D eigenvalue weighted by molar-refractivity contribution is 0.561. The zero-order valence-corrected chi connectivity index (χ0v) is 12.2. The van der Waals surface area contributed by atoms with Crippen molar-refractivity contribution in [1.29, 1.82) is 0 Å². The molecule has 1 N–H and O–H groups in total. The van der Waals surface area contributed by atoms with Gasteiger partial charge < -0.3 is 5.32 Å². The van der Waals surface area contributed by atoms with Gasteiger partial charge in [-0.05, 0) is 37.6 Å². The van der Waals surface area contributed by atoms with E-state index in [0.29, 0.717) is 5.92 Å². The molecule has 0 aliphatic carbocycles. The molecule has 19 heavy (non-hydrogen) atoms. The van der Waals surface area contributed by atoms with E-state index in [1.54, 1.807) is 0 Å². The summed E-state index contributed by atoms with van der Waals surface area (Å²) in [5.74, 6) is 1.62. The number of halogens is 1. The number of hydrogen-bond donors (Lipinski definition) is 1. The van der Waals surface area contributed by atoms with Gasteiger partial charge in [-0.3, -0.25) is 0 Å². The molecular weight excluding hydrogens is 302 g/mol. The summed E-state index contributed by atoms with van der Waals surface area (Å²) in [4.78, 5) is 9.10. The van der Waals surface area contributed by atoms with E-state index in [4.69, 9.17) is 4.98 Å². The highest BCUT2D eigenvalue weighted by Crippen LogP contribution is 2.26. The Labute approximate surface area is 121 Å². The normalized spacial score (nSPS) is 18.7.